The van der Waals surface area contributed by atoms with Crippen LogP contribution in [0.1, 0.15) is 11.4 Å². The summed E-state index contributed by atoms with van der Waals surface area (Å²) in [7, 11) is 0. The van der Waals surface area contributed by atoms with Crippen LogP contribution in [-0.2, 0) is 13.1 Å². The van der Waals surface area contributed by atoms with E-state index in [9.17, 15) is 0 Å². The summed E-state index contributed by atoms with van der Waals surface area (Å²) >= 11 is 1.62. The number of nitrogens with one attached hydrogen (secondary N) is 2. The van der Waals surface area contributed by atoms with Crippen LogP contribution in [-0.4, -0.2) is 19.9 Å². The zero-order valence-electron chi connectivity index (χ0n) is 10.2. The lowest BCUT2D eigenvalue weighted by Crippen LogP contribution is -2.13. The molecule has 5 nitrogen and oxygen atoms in total. The van der Waals surface area contributed by atoms with Crippen LogP contribution in [0.4, 0.5) is 0 Å². The summed E-state index contributed by atoms with van der Waals surface area (Å²) in [4.78, 5) is 15.9. The van der Waals surface area contributed by atoms with E-state index in [1.165, 1.54) is 0 Å². The second-order valence-corrected chi connectivity index (χ2v) is 4.90. The molecule has 0 atom stereocenters. The van der Waals surface area contributed by atoms with Crippen LogP contribution in [0.15, 0.2) is 42.3 Å². The molecule has 0 unspecified atom stereocenters. The molecular weight excluding hydrogens is 258 g/mol. The third-order valence-electron chi connectivity index (χ3n) is 2.61. The van der Waals surface area contributed by atoms with Gasteiger partial charge in [0, 0.05) is 36.6 Å². The minimum Gasteiger partial charge on any atom is -0.347 e. The summed E-state index contributed by atoms with van der Waals surface area (Å²) < 4.78 is 0. The van der Waals surface area contributed by atoms with Crippen LogP contribution in [0.2, 0.25) is 0 Å². The van der Waals surface area contributed by atoms with Crippen molar-refractivity contribution in [3.8, 4) is 10.7 Å². The molecule has 0 aliphatic rings. The number of pyridine rings is 1. The summed E-state index contributed by atoms with van der Waals surface area (Å²) in [5, 5.41) is 6.34. The molecule has 0 spiro atoms. The highest BCUT2D eigenvalue weighted by molar-refractivity contribution is 7.13. The van der Waals surface area contributed by atoms with Crippen molar-refractivity contribution >= 4 is 11.3 Å². The zero-order valence-corrected chi connectivity index (χ0v) is 11.0. The van der Waals surface area contributed by atoms with E-state index >= 15 is 0 Å². The van der Waals surface area contributed by atoms with Crippen LogP contribution in [0, 0.1) is 0 Å². The molecule has 96 valence electrons. The molecule has 0 bridgehead atoms. The molecule has 0 saturated carbocycles. The Balaban J connectivity index is 1.59. The Hall–Kier alpha value is -2.05. The van der Waals surface area contributed by atoms with E-state index in [0.29, 0.717) is 0 Å². The van der Waals surface area contributed by atoms with Gasteiger partial charge in [-0.25, -0.2) is 9.97 Å². The predicted molar refractivity (Wildman–Crippen MR) is 74.5 cm³/mol. The van der Waals surface area contributed by atoms with Crippen LogP contribution in [0.5, 0.6) is 0 Å². The van der Waals surface area contributed by atoms with Crippen LogP contribution in [0.25, 0.3) is 10.7 Å². The molecule has 3 aromatic heterocycles. The first-order valence-corrected chi connectivity index (χ1v) is 6.83. The third-order valence-corrected chi connectivity index (χ3v) is 3.53. The highest BCUT2D eigenvalue weighted by atomic mass is 32.1. The van der Waals surface area contributed by atoms with Gasteiger partial charge < -0.3 is 10.3 Å². The fraction of sp³-hybridized carbons (Fsp3) is 0.154. The minimum atomic E-state index is 0.738. The first kappa shape index (κ1) is 12.0. The first-order valence-electron chi connectivity index (χ1n) is 5.95. The van der Waals surface area contributed by atoms with Crippen molar-refractivity contribution < 1.29 is 0 Å². The third kappa shape index (κ3) is 3.04. The second-order valence-electron chi connectivity index (χ2n) is 4.04. The van der Waals surface area contributed by atoms with Gasteiger partial charge in [0.25, 0.3) is 0 Å². The monoisotopic (exact) mass is 271 g/mol. The van der Waals surface area contributed by atoms with Crippen LogP contribution < -0.4 is 5.32 Å². The van der Waals surface area contributed by atoms with Gasteiger partial charge in [-0.15, -0.1) is 11.3 Å². The van der Waals surface area contributed by atoms with Crippen molar-refractivity contribution in [2.45, 2.75) is 13.1 Å². The van der Waals surface area contributed by atoms with Crippen molar-refractivity contribution in [3.63, 3.8) is 0 Å². The molecule has 0 amide bonds. The Morgan fingerprint density at radius 1 is 1.26 bits per heavy atom. The topological polar surface area (TPSA) is 66.5 Å². The first-order chi connectivity index (χ1) is 9.42. The molecule has 3 aromatic rings. The standard InChI is InChI=1S/C13H13N5S/c1-2-4-16-12(3-1)13-18-11(8-19-13)7-14-5-10-6-15-9-17-10/h1-4,6,8-9,14H,5,7H2,(H,15,17). The number of hydrogen-bond donors (Lipinski definition) is 2. The lowest BCUT2D eigenvalue weighted by atomic mass is 10.3. The number of hydrogen-bond acceptors (Lipinski definition) is 5. The van der Waals surface area contributed by atoms with E-state index in [1.807, 2.05) is 24.4 Å². The molecule has 0 aliphatic carbocycles. The van der Waals surface area contributed by atoms with Crippen LogP contribution in [0.3, 0.4) is 0 Å². The summed E-state index contributed by atoms with van der Waals surface area (Å²) in [6.07, 6.45) is 5.28. The van der Waals surface area contributed by atoms with Gasteiger partial charge in [0.05, 0.1) is 17.7 Å². The Bertz CT molecular complexity index is 618. The Labute approximate surface area is 114 Å². The second kappa shape index (κ2) is 5.73. The van der Waals surface area contributed by atoms with Crippen molar-refractivity contribution in [1.82, 2.24) is 25.3 Å². The molecule has 0 fully saturated rings. The molecule has 6 heteroatoms. The van der Waals surface area contributed by atoms with Gasteiger partial charge in [0.15, 0.2) is 0 Å². The molecule has 2 N–H and O–H groups in total. The minimum absolute atomic E-state index is 0.738. The maximum Gasteiger partial charge on any atom is 0.142 e. The smallest absolute Gasteiger partial charge is 0.142 e. The van der Waals surface area contributed by atoms with E-state index in [2.05, 4.69) is 30.6 Å². The molecule has 0 aliphatic heterocycles. The van der Waals surface area contributed by atoms with Crippen molar-refractivity contribution in [2.75, 3.05) is 0 Å². The normalized spacial score (nSPS) is 10.7. The van der Waals surface area contributed by atoms with E-state index in [4.69, 9.17) is 0 Å². The lowest BCUT2D eigenvalue weighted by molar-refractivity contribution is 0.673. The van der Waals surface area contributed by atoms with E-state index < -0.39 is 0 Å². The SMILES string of the molecule is c1ccc(-c2nc(CNCc3cnc[nH]3)cs2)nc1. The number of aromatic nitrogens is 4. The van der Waals surface area contributed by atoms with E-state index in [-0.39, 0.29) is 0 Å². The fourth-order valence-electron chi connectivity index (χ4n) is 1.70. The van der Waals surface area contributed by atoms with Gasteiger partial charge in [0.2, 0.25) is 0 Å². The Kier molecular flexibility index (Phi) is 3.62. The number of thiazole rings is 1. The van der Waals surface area contributed by atoms with Gasteiger partial charge in [-0.1, -0.05) is 6.07 Å². The van der Waals surface area contributed by atoms with E-state index in [1.54, 1.807) is 23.9 Å². The van der Waals surface area contributed by atoms with Crippen LogP contribution >= 0.6 is 11.3 Å². The average Bonchev–Trinajstić information content (AvgIpc) is 3.11. The molecule has 19 heavy (non-hydrogen) atoms. The van der Waals surface area contributed by atoms with Gasteiger partial charge in [0.1, 0.15) is 5.01 Å². The molecule has 0 aromatic carbocycles. The van der Waals surface area contributed by atoms with Gasteiger partial charge in [-0.2, -0.15) is 0 Å². The Morgan fingerprint density at radius 3 is 3.05 bits per heavy atom. The maximum absolute atomic E-state index is 4.57. The number of H-pyrrole nitrogens is 1. The molecule has 3 heterocycles. The molecule has 0 saturated heterocycles. The molecular formula is C13H13N5S. The van der Waals surface area contributed by atoms with Gasteiger partial charge in [-0.3, -0.25) is 4.98 Å². The average molecular weight is 271 g/mol. The summed E-state index contributed by atoms with van der Waals surface area (Å²) in [6.45, 7) is 1.50. The maximum atomic E-state index is 4.57. The van der Waals surface area contributed by atoms with Crippen molar-refractivity contribution in [2.24, 2.45) is 0 Å². The van der Waals surface area contributed by atoms with Crippen molar-refractivity contribution in [3.05, 3.63) is 53.7 Å². The molecule has 0 radical (unpaired) electrons. The van der Waals surface area contributed by atoms with Crippen molar-refractivity contribution in [1.29, 1.82) is 0 Å². The summed E-state index contributed by atoms with van der Waals surface area (Å²) in [5.41, 5.74) is 3.03. The number of imidazole rings is 1. The highest BCUT2D eigenvalue weighted by Gasteiger charge is 2.05. The summed E-state index contributed by atoms with van der Waals surface area (Å²) in [5.74, 6) is 0. The highest BCUT2D eigenvalue weighted by Crippen LogP contribution is 2.21. The quantitative estimate of drug-likeness (QED) is 0.746. The summed E-state index contributed by atoms with van der Waals surface area (Å²) in [6, 6.07) is 5.85. The largest absolute Gasteiger partial charge is 0.347 e. The van der Waals surface area contributed by atoms with E-state index in [0.717, 1.165) is 35.2 Å². The van der Waals surface area contributed by atoms with Gasteiger partial charge >= 0.3 is 0 Å². The zero-order chi connectivity index (χ0) is 12.9. The predicted octanol–water partition coefficient (Wildman–Crippen LogP) is 2.22. The lowest BCUT2D eigenvalue weighted by Gasteiger charge is -1.99. The molecule has 3 rings (SSSR count). The number of aromatic amines is 1. The van der Waals surface area contributed by atoms with Gasteiger partial charge in [-0.05, 0) is 12.1 Å². The number of nitrogens with zero attached hydrogens (tertiary/aromatic N) is 3. The Morgan fingerprint density at radius 2 is 2.26 bits per heavy atom. The fourth-order valence-corrected chi connectivity index (χ4v) is 2.50. The number of rotatable bonds is 5.